The van der Waals surface area contributed by atoms with Gasteiger partial charge in [0, 0.05) is 26.3 Å². The van der Waals surface area contributed by atoms with Crippen LogP contribution in [0.25, 0.3) is 0 Å². The van der Waals surface area contributed by atoms with Gasteiger partial charge in [-0.15, -0.1) is 0 Å². The number of amides is 1. The topological polar surface area (TPSA) is 45.2 Å². The van der Waals surface area contributed by atoms with Gasteiger partial charge in [-0.25, -0.2) is 9.37 Å². The molecule has 0 aromatic carbocycles. The van der Waals surface area contributed by atoms with Crippen molar-refractivity contribution in [2.24, 2.45) is 5.41 Å². The second-order valence-corrected chi connectivity index (χ2v) is 5.77. The first-order valence-corrected chi connectivity index (χ1v) is 6.56. The van der Waals surface area contributed by atoms with Crippen LogP contribution in [0.3, 0.4) is 0 Å². The third-order valence-corrected chi connectivity index (χ3v) is 3.54. The molecule has 1 amide bonds. The molecular weight excluding hydrogens is 245 g/mol. The maximum atomic E-state index is 14.1. The van der Waals surface area contributed by atoms with Crippen molar-refractivity contribution >= 4 is 11.7 Å². The van der Waals surface area contributed by atoms with Crippen molar-refractivity contribution in [3.63, 3.8) is 0 Å². The van der Waals surface area contributed by atoms with Gasteiger partial charge in [0.05, 0.1) is 5.56 Å². The number of nitrogens with zero attached hydrogens (tertiary/aromatic N) is 2. The molecule has 19 heavy (non-hydrogen) atoms. The van der Waals surface area contributed by atoms with Crippen molar-refractivity contribution in [3.8, 4) is 0 Å². The number of hydrogen-bond acceptors (Lipinski definition) is 3. The lowest BCUT2D eigenvalue weighted by Crippen LogP contribution is -2.43. The number of hydrogen-bond donors (Lipinski definition) is 1. The highest BCUT2D eigenvalue weighted by molar-refractivity contribution is 5.95. The highest BCUT2D eigenvalue weighted by Crippen LogP contribution is 2.29. The molecule has 2 rings (SSSR count). The first-order chi connectivity index (χ1) is 8.94. The molecule has 5 heteroatoms. The van der Waals surface area contributed by atoms with E-state index in [-0.39, 0.29) is 22.7 Å². The molecule has 1 aliphatic rings. The molecule has 1 aromatic heterocycles. The van der Waals surface area contributed by atoms with Crippen LogP contribution < -0.4 is 5.32 Å². The Balaban J connectivity index is 2.25. The van der Waals surface area contributed by atoms with Crippen LogP contribution >= 0.6 is 0 Å². The summed E-state index contributed by atoms with van der Waals surface area (Å²) in [4.78, 5) is 18.0. The molecule has 2 heterocycles. The van der Waals surface area contributed by atoms with Gasteiger partial charge in [0.25, 0.3) is 5.91 Å². The predicted octanol–water partition coefficient (Wildman–Crippen LogP) is 2.52. The normalized spacial score (nSPS) is 18.2. The number of likely N-dealkylation sites (tertiary alicyclic amines) is 1. The standard InChI is InChI=1S/C14H20FN3O/c1-14(2)6-4-8-18(9-14)13(19)10-5-7-17-12(16-3)11(10)15/h5,7H,4,6,8-9H2,1-3H3,(H,16,17). The average Bonchev–Trinajstić information content (AvgIpc) is 2.37. The minimum absolute atomic E-state index is 0.0945. The fourth-order valence-electron chi connectivity index (χ4n) is 2.55. The summed E-state index contributed by atoms with van der Waals surface area (Å²) >= 11 is 0. The Kier molecular flexibility index (Phi) is 3.73. The van der Waals surface area contributed by atoms with Gasteiger partial charge in [0.1, 0.15) is 0 Å². The molecule has 0 atom stereocenters. The lowest BCUT2D eigenvalue weighted by Gasteiger charge is -2.38. The van der Waals surface area contributed by atoms with Crippen molar-refractivity contribution < 1.29 is 9.18 Å². The fraction of sp³-hybridized carbons (Fsp3) is 0.571. The van der Waals surface area contributed by atoms with E-state index in [4.69, 9.17) is 0 Å². The van der Waals surface area contributed by atoms with E-state index in [1.807, 2.05) is 0 Å². The lowest BCUT2D eigenvalue weighted by molar-refractivity contribution is 0.0579. The van der Waals surface area contributed by atoms with Gasteiger partial charge < -0.3 is 10.2 Å². The smallest absolute Gasteiger partial charge is 0.257 e. The van der Waals surface area contributed by atoms with Crippen LogP contribution in [-0.2, 0) is 0 Å². The van der Waals surface area contributed by atoms with Crippen molar-refractivity contribution in [2.75, 3.05) is 25.5 Å². The van der Waals surface area contributed by atoms with Crippen LogP contribution in [0, 0.1) is 11.2 Å². The fourth-order valence-corrected chi connectivity index (χ4v) is 2.55. The number of piperidine rings is 1. The molecule has 0 saturated carbocycles. The number of aromatic nitrogens is 1. The average molecular weight is 265 g/mol. The van der Waals surface area contributed by atoms with E-state index < -0.39 is 5.82 Å². The highest BCUT2D eigenvalue weighted by Gasteiger charge is 2.31. The zero-order valence-electron chi connectivity index (χ0n) is 11.7. The van der Waals surface area contributed by atoms with Crippen LogP contribution in [0.5, 0.6) is 0 Å². The number of nitrogens with one attached hydrogen (secondary N) is 1. The number of rotatable bonds is 2. The molecule has 1 aliphatic heterocycles. The second-order valence-electron chi connectivity index (χ2n) is 5.77. The first-order valence-electron chi connectivity index (χ1n) is 6.56. The second kappa shape index (κ2) is 5.15. The number of halogens is 1. The number of pyridine rings is 1. The summed E-state index contributed by atoms with van der Waals surface area (Å²) in [5.74, 6) is -0.704. The maximum Gasteiger partial charge on any atom is 0.257 e. The molecule has 0 aliphatic carbocycles. The molecule has 1 saturated heterocycles. The third kappa shape index (κ3) is 2.85. The van der Waals surface area contributed by atoms with Crippen LogP contribution in [-0.4, -0.2) is 35.9 Å². The summed E-state index contributed by atoms with van der Waals surface area (Å²) in [6.45, 7) is 5.63. The number of carbonyl (C=O) groups is 1. The zero-order chi connectivity index (χ0) is 14.0. The molecule has 0 bridgehead atoms. The lowest BCUT2D eigenvalue weighted by atomic mass is 9.84. The first kappa shape index (κ1) is 13.8. The van der Waals surface area contributed by atoms with E-state index in [1.54, 1.807) is 11.9 Å². The van der Waals surface area contributed by atoms with E-state index in [0.717, 1.165) is 12.8 Å². The van der Waals surface area contributed by atoms with Gasteiger partial charge in [-0.05, 0) is 24.3 Å². The van der Waals surface area contributed by atoms with Crippen molar-refractivity contribution in [3.05, 3.63) is 23.6 Å². The van der Waals surface area contributed by atoms with Gasteiger partial charge in [0.15, 0.2) is 11.6 Å². The Hall–Kier alpha value is -1.65. The summed E-state index contributed by atoms with van der Waals surface area (Å²) in [6, 6.07) is 1.44. The Morgan fingerprint density at radius 2 is 2.26 bits per heavy atom. The summed E-state index contributed by atoms with van der Waals surface area (Å²) in [7, 11) is 1.59. The maximum absolute atomic E-state index is 14.1. The molecule has 4 nitrogen and oxygen atoms in total. The van der Waals surface area contributed by atoms with Crippen LogP contribution in [0.4, 0.5) is 10.2 Å². The van der Waals surface area contributed by atoms with E-state index in [0.29, 0.717) is 13.1 Å². The minimum Gasteiger partial charge on any atom is -0.371 e. The summed E-state index contributed by atoms with van der Waals surface area (Å²) in [5.41, 5.74) is 0.195. The van der Waals surface area contributed by atoms with Crippen LogP contribution in [0.15, 0.2) is 12.3 Å². The van der Waals surface area contributed by atoms with Crippen LogP contribution in [0.2, 0.25) is 0 Å². The summed E-state index contributed by atoms with van der Waals surface area (Å²) in [6.07, 6.45) is 3.51. The van der Waals surface area contributed by atoms with E-state index in [9.17, 15) is 9.18 Å². The Morgan fingerprint density at radius 3 is 2.89 bits per heavy atom. The van der Waals surface area contributed by atoms with Crippen molar-refractivity contribution in [1.29, 1.82) is 0 Å². The van der Waals surface area contributed by atoms with Crippen LogP contribution in [0.1, 0.15) is 37.0 Å². The Morgan fingerprint density at radius 1 is 1.53 bits per heavy atom. The monoisotopic (exact) mass is 265 g/mol. The highest BCUT2D eigenvalue weighted by atomic mass is 19.1. The minimum atomic E-state index is -0.571. The molecule has 0 radical (unpaired) electrons. The largest absolute Gasteiger partial charge is 0.371 e. The Bertz CT molecular complexity index is 488. The van der Waals surface area contributed by atoms with E-state index in [1.165, 1.54) is 12.3 Å². The van der Waals surface area contributed by atoms with Gasteiger partial charge in [-0.2, -0.15) is 0 Å². The number of carbonyl (C=O) groups excluding carboxylic acids is 1. The molecule has 0 spiro atoms. The number of anilines is 1. The molecule has 1 fully saturated rings. The molecule has 1 N–H and O–H groups in total. The van der Waals surface area contributed by atoms with Crippen molar-refractivity contribution in [2.45, 2.75) is 26.7 Å². The molecule has 1 aromatic rings. The van der Waals surface area contributed by atoms with E-state index in [2.05, 4.69) is 24.1 Å². The molecular formula is C14H20FN3O. The van der Waals surface area contributed by atoms with Gasteiger partial charge in [0.2, 0.25) is 0 Å². The molecule has 0 unspecified atom stereocenters. The quantitative estimate of drug-likeness (QED) is 0.893. The van der Waals surface area contributed by atoms with E-state index >= 15 is 0 Å². The molecule has 104 valence electrons. The SMILES string of the molecule is CNc1nccc(C(=O)N2CCCC(C)(C)C2)c1F. The van der Waals surface area contributed by atoms with Crippen molar-refractivity contribution in [1.82, 2.24) is 9.88 Å². The van der Waals surface area contributed by atoms with Gasteiger partial charge >= 0.3 is 0 Å². The Labute approximate surface area is 113 Å². The van der Waals surface area contributed by atoms with Gasteiger partial charge in [-0.1, -0.05) is 13.8 Å². The zero-order valence-corrected chi connectivity index (χ0v) is 11.7. The van der Waals surface area contributed by atoms with Gasteiger partial charge in [-0.3, -0.25) is 4.79 Å². The predicted molar refractivity (Wildman–Crippen MR) is 72.7 cm³/mol. The third-order valence-electron chi connectivity index (χ3n) is 3.54. The summed E-state index contributed by atoms with van der Waals surface area (Å²) in [5, 5.41) is 2.65. The summed E-state index contributed by atoms with van der Waals surface area (Å²) < 4.78 is 14.1.